The van der Waals surface area contributed by atoms with Crippen LogP contribution >= 0.6 is 0 Å². The van der Waals surface area contributed by atoms with E-state index in [1.54, 1.807) is 13.2 Å². The van der Waals surface area contributed by atoms with Gasteiger partial charge in [-0.3, -0.25) is 4.79 Å². The van der Waals surface area contributed by atoms with Crippen LogP contribution in [0.25, 0.3) is 22.2 Å². The van der Waals surface area contributed by atoms with Crippen molar-refractivity contribution in [3.05, 3.63) is 60.2 Å². The van der Waals surface area contributed by atoms with Gasteiger partial charge in [0.05, 0.1) is 23.9 Å². The van der Waals surface area contributed by atoms with Crippen LogP contribution in [0.1, 0.15) is 10.4 Å². The van der Waals surface area contributed by atoms with Gasteiger partial charge in [0.1, 0.15) is 5.75 Å². The molecule has 0 aliphatic carbocycles. The van der Waals surface area contributed by atoms with Gasteiger partial charge in [0.15, 0.2) is 0 Å². The summed E-state index contributed by atoms with van der Waals surface area (Å²) in [7, 11) is 1.61. The standard InChI is InChI=1S/C17H14N2O2/c1-21-16-9-5-3-7-12(16)15-10-13(17(18)20)11-6-2-4-8-14(11)19-15/h2-10H,1H3,(H2,18,20). The highest BCUT2D eigenvalue weighted by atomic mass is 16.5. The molecule has 0 radical (unpaired) electrons. The van der Waals surface area contributed by atoms with Crippen LogP contribution in [-0.2, 0) is 0 Å². The SMILES string of the molecule is COc1ccccc1-c1cc(C(N)=O)c2ccccc2n1. The van der Waals surface area contributed by atoms with E-state index in [4.69, 9.17) is 10.5 Å². The molecule has 0 aliphatic rings. The highest BCUT2D eigenvalue weighted by Crippen LogP contribution is 2.31. The molecule has 0 aliphatic heterocycles. The second kappa shape index (κ2) is 5.25. The Morgan fingerprint density at radius 2 is 1.81 bits per heavy atom. The molecule has 4 heteroatoms. The summed E-state index contributed by atoms with van der Waals surface area (Å²) in [6, 6.07) is 16.7. The van der Waals surface area contributed by atoms with Crippen molar-refractivity contribution in [1.82, 2.24) is 4.98 Å². The number of fused-ring (bicyclic) bond motifs is 1. The van der Waals surface area contributed by atoms with Crippen LogP contribution < -0.4 is 10.5 Å². The van der Waals surface area contributed by atoms with Crippen LogP contribution in [-0.4, -0.2) is 18.0 Å². The lowest BCUT2D eigenvalue weighted by molar-refractivity contribution is 0.100. The van der Waals surface area contributed by atoms with Crippen molar-refractivity contribution in [3.63, 3.8) is 0 Å². The molecule has 1 aromatic heterocycles. The number of hydrogen-bond donors (Lipinski definition) is 1. The van der Waals surface area contributed by atoms with E-state index in [0.29, 0.717) is 17.0 Å². The van der Waals surface area contributed by atoms with E-state index in [0.717, 1.165) is 16.5 Å². The van der Waals surface area contributed by atoms with E-state index in [1.165, 1.54) is 0 Å². The molecule has 4 nitrogen and oxygen atoms in total. The van der Waals surface area contributed by atoms with E-state index in [-0.39, 0.29) is 0 Å². The molecule has 21 heavy (non-hydrogen) atoms. The maximum atomic E-state index is 11.7. The van der Waals surface area contributed by atoms with Crippen LogP contribution in [0.2, 0.25) is 0 Å². The lowest BCUT2D eigenvalue weighted by atomic mass is 10.0. The minimum absolute atomic E-state index is 0.460. The summed E-state index contributed by atoms with van der Waals surface area (Å²) in [5.74, 6) is 0.237. The van der Waals surface area contributed by atoms with Crippen LogP contribution in [0.4, 0.5) is 0 Å². The maximum absolute atomic E-state index is 11.7. The third-order valence-corrected chi connectivity index (χ3v) is 3.36. The molecule has 104 valence electrons. The van der Waals surface area contributed by atoms with E-state index in [1.807, 2.05) is 48.5 Å². The fourth-order valence-corrected chi connectivity index (χ4v) is 2.37. The molecule has 0 saturated carbocycles. The zero-order chi connectivity index (χ0) is 14.8. The monoisotopic (exact) mass is 278 g/mol. The molecule has 0 fully saturated rings. The van der Waals surface area contributed by atoms with Crippen molar-refractivity contribution in [1.29, 1.82) is 0 Å². The number of pyridine rings is 1. The number of carbonyl (C=O) groups is 1. The van der Waals surface area contributed by atoms with Crippen molar-refractivity contribution >= 4 is 16.8 Å². The molecule has 1 amide bonds. The van der Waals surface area contributed by atoms with Gasteiger partial charge in [-0.2, -0.15) is 0 Å². The Kier molecular flexibility index (Phi) is 3.28. The average Bonchev–Trinajstić information content (AvgIpc) is 2.53. The Labute approximate surface area is 122 Å². The zero-order valence-electron chi connectivity index (χ0n) is 11.5. The Morgan fingerprint density at radius 3 is 2.57 bits per heavy atom. The number of benzene rings is 2. The second-order valence-electron chi connectivity index (χ2n) is 4.64. The number of ether oxygens (including phenoxy) is 1. The highest BCUT2D eigenvalue weighted by molar-refractivity contribution is 6.06. The Hall–Kier alpha value is -2.88. The number of primary amides is 1. The van der Waals surface area contributed by atoms with E-state index < -0.39 is 5.91 Å². The molecule has 1 heterocycles. The number of carbonyl (C=O) groups excluding carboxylic acids is 1. The molecule has 0 unspecified atom stereocenters. The lowest BCUT2D eigenvalue weighted by Crippen LogP contribution is -2.12. The van der Waals surface area contributed by atoms with Crippen LogP contribution in [0.3, 0.4) is 0 Å². The fraction of sp³-hybridized carbons (Fsp3) is 0.0588. The number of amides is 1. The quantitative estimate of drug-likeness (QED) is 0.801. The molecular weight excluding hydrogens is 264 g/mol. The molecule has 0 saturated heterocycles. The summed E-state index contributed by atoms with van der Waals surface area (Å²) in [4.78, 5) is 16.3. The number of methoxy groups -OCH3 is 1. The molecular formula is C17H14N2O2. The van der Waals surface area contributed by atoms with Gasteiger partial charge in [-0.1, -0.05) is 30.3 Å². The van der Waals surface area contributed by atoms with Gasteiger partial charge in [-0.25, -0.2) is 4.98 Å². The van der Waals surface area contributed by atoms with Crippen molar-refractivity contribution in [3.8, 4) is 17.0 Å². The molecule has 3 rings (SSSR count). The summed E-state index contributed by atoms with van der Waals surface area (Å²) < 4.78 is 5.36. The Balaban J connectivity index is 2.31. The Bertz CT molecular complexity index is 828. The summed E-state index contributed by atoms with van der Waals surface area (Å²) in [6.07, 6.45) is 0. The second-order valence-corrected chi connectivity index (χ2v) is 4.64. The van der Waals surface area contributed by atoms with Crippen molar-refractivity contribution in [2.45, 2.75) is 0 Å². The number of nitrogens with zero attached hydrogens (tertiary/aromatic N) is 1. The smallest absolute Gasteiger partial charge is 0.249 e. The van der Waals surface area contributed by atoms with E-state index in [2.05, 4.69) is 4.98 Å². The zero-order valence-corrected chi connectivity index (χ0v) is 11.5. The number of rotatable bonds is 3. The largest absolute Gasteiger partial charge is 0.496 e. The number of aromatic nitrogens is 1. The molecule has 3 aromatic rings. The normalized spacial score (nSPS) is 10.5. The molecule has 0 atom stereocenters. The maximum Gasteiger partial charge on any atom is 0.249 e. The molecule has 0 spiro atoms. The summed E-state index contributed by atoms with van der Waals surface area (Å²) >= 11 is 0. The third-order valence-electron chi connectivity index (χ3n) is 3.36. The van der Waals surface area contributed by atoms with Gasteiger partial charge >= 0.3 is 0 Å². The predicted molar refractivity (Wildman–Crippen MR) is 82.2 cm³/mol. The van der Waals surface area contributed by atoms with E-state index >= 15 is 0 Å². The molecule has 0 bridgehead atoms. The molecule has 2 N–H and O–H groups in total. The number of para-hydroxylation sites is 2. The first kappa shape index (κ1) is 13.1. The third kappa shape index (κ3) is 2.31. The first-order valence-electron chi connectivity index (χ1n) is 6.53. The van der Waals surface area contributed by atoms with Gasteiger partial charge < -0.3 is 10.5 Å². The Morgan fingerprint density at radius 1 is 1.10 bits per heavy atom. The lowest BCUT2D eigenvalue weighted by Gasteiger charge is -2.10. The average molecular weight is 278 g/mol. The van der Waals surface area contributed by atoms with Crippen LogP contribution in [0, 0.1) is 0 Å². The topological polar surface area (TPSA) is 65.2 Å². The first-order valence-corrected chi connectivity index (χ1v) is 6.53. The summed E-state index contributed by atoms with van der Waals surface area (Å²) in [5, 5.41) is 0.753. The van der Waals surface area contributed by atoms with Gasteiger partial charge in [-0.05, 0) is 24.3 Å². The van der Waals surface area contributed by atoms with Crippen LogP contribution in [0.5, 0.6) is 5.75 Å². The van der Waals surface area contributed by atoms with Gasteiger partial charge in [0, 0.05) is 10.9 Å². The van der Waals surface area contributed by atoms with Gasteiger partial charge in [0.25, 0.3) is 0 Å². The first-order chi connectivity index (χ1) is 10.2. The summed E-state index contributed by atoms with van der Waals surface area (Å²) in [6.45, 7) is 0. The minimum Gasteiger partial charge on any atom is -0.496 e. The highest BCUT2D eigenvalue weighted by Gasteiger charge is 2.13. The molecule has 2 aromatic carbocycles. The van der Waals surface area contributed by atoms with E-state index in [9.17, 15) is 4.79 Å². The summed E-state index contributed by atoms with van der Waals surface area (Å²) in [5.41, 5.74) is 8.18. The van der Waals surface area contributed by atoms with Crippen molar-refractivity contribution < 1.29 is 9.53 Å². The number of nitrogens with two attached hydrogens (primary N) is 1. The fourth-order valence-electron chi connectivity index (χ4n) is 2.37. The minimum atomic E-state index is -0.468. The van der Waals surface area contributed by atoms with Gasteiger partial charge in [0.2, 0.25) is 5.91 Å². The van der Waals surface area contributed by atoms with Gasteiger partial charge in [-0.15, -0.1) is 0 Å². The number of hydrogen-bond acceptors (Lipinski definition) is 3. The van der Waals surface area contributed by atoms with Crippen molar-refractivity contribution in [2.24, 2.45) is 5.73 Å². The van der Waals surface area contributed by atoms with Crippen molar-refractivity contribution in [2.75, 3.05) is 7.11 Å². The van der Waals surface area contributed by atoms with Crippen LogP contribution in [0.15, 0.2) is 54.6 Å². The predicted octanol–water partition coefficient (Wildman–Crippen LogP) is 3.01.